The molecule has 1 heterocycles. The van der Waals surface area contributed by atoms with Crippen LogP contribution in [0, 0.1) is 3.57 Å². The van der Waals surface area contributed by atoms with Crippen LogP contribution in [-0.4, -0.2) is 29.3 Å². The van der Waals surface area contributed by atoms with Gasteiger partial charge in [-0.1, -0.05) is 11.6 Å². The van der Waals surface area contributed by atoms with Crippen molar-refractivity contribution in [2.24, 2.45) is 0 Å². The zero-order chi connectivity index (χ0) is 13.8. The molecule has 0 N–H and O–H groups in total. The summed E-state index contributed by atoms with van der Waals surface area (Å²) in [4.78, 5) is 14.5. The van der Waals surface area contributed by atoms with E-state index in [0.717, 1.165) is 35.8 Å². The maximum atomic E-state index is 12.5. The molecule has 1 fully saturated rings. The maximum Gasteiger partial charge on any atom is 0.254 e. The summed E-state index contributed by atoms with van der Waals surface area (Å²) < 4.78 is 0.968. The van der Waals surface area contributed by atoms with Crippen LogP contribution < -0.4 is 0 Å². The molecule has 0 radical (unpaired) electrons. The number of amides is 1. The van der Waals surface area contributed by atoms with Crippen molar-refractivity contribution in [3.8, 4) is 0 Å². The van der Waals surface area contributed by atoms with Crippen molar-refractivity contribution < 1.29 is 4.79 Å². The third kappa shape index (κ3) is 3.76. The van der Waals surface area contributed by atoms with E-state index in [1.54, 1.807) is 6.07 Å². The molecule has 1 atom stereocenters. The summed E-state index contributed by atoms with van der Waals surface area (Å²) in [6.07, 6.45) is 4.12. The molecular formula is C14H16Cl2INO. The van der Waals surface area contributed by atoms with E-state index in [2.05, 4.69) is 22.6 Å². The highest BCUT2D eigenvalue weighted by Crippen LogP contribution is 2.26. The average Bonchev–Trinajstić information content (AvgIpc) is 2.87. The van der Waals surface area contributed by atoms with Crippen LogP contribution in [0.1, 0.15) is 36.0 Å². The minimum absolute atomic E-state index is 0.0929. The number of nitrogens with zero attached hydrogens (tertiary/aromatic N) is 1. The Morgan fingerprint density at radius 2 is 2.26 bits per heavy atom. The molecule has 0 saturated carbocycles. The fourth-order valence-electron chi connectivity index (χ4n) is 2.51. The minimum atomic E-state index is 0.0929. The first-order valence-corrected chi connectivity index (χ1v) is 8.44. The summed E-state index contributed by atoms with van der Waals surface area (Å²) in [5.41, 5.74) is 0.684. The summed E-state index contributed by atoms with van der Waals surface area (Å²) in [6.45, 7) is 0.843. The highest BCUT2D eigenvalue weighted by Gasteiger charge is 2.28. The topological polar surface area (TPSA) is 20.3 Å². The van der Waals surface area contributed by atoms with Gasteiger partial charge in [0.15, 0.2) is 0 Å². The van der Waals surface area contributed by atoms with Crippen molar-refractivity contribution in [1.82, 2.24) is 4.90 Å². The van der Waals surface area contributed by atoms with E-state index in [1.807, 2.05) is 17.0 Å². The van der Waals surface area contributed by atoms with Gasteiger partial charge in [0.1, 0.15) is 0 Å². The Kier molecular flexibility index (Phi) is 5.78. The first kappa shape index (κ1) is 15.4. The molecule has 1 aromatic rings. The zero-order valence-electron chi connectivity index (χ0n) is 10.5. The Morgan fingerprint density at radius 1 is 1.47 bits per heavy atom. The van der Waals surface area contributed by atoms with Crippen molar-refractivity contribution >= 4 is 51.7 Å². The standard InChI is InChI=1S/C14H16Cl2INO/c15-7-1-3-11-4-2-8-18(11)14(19)10-5-6-13(17)12(16)9-10/h5-6,9,11H,1-4,7-8H2. The van der Waals surface area contributed by atoms with Crippen molar-refractivity contribution in [3.63, 3.8) is 0 Å². The molecule has 5 heteroatoms. The molecular weight excluding hydrogens is 396 g/mol. The Balaban J connectivity index is 2.11. The summed E-state index contributed by atoms with van der Waals surface area (Å²) in [7, 11) is 0. The summed E-state index contributed by atoms with van der Waals surface area (Å²) in [6, 6.07) is 5.85. The third-order valence-electron chi connectivity index (χ3n) is 3.48. The first-order chi connectivity index (χ1) is 9.13. The van der Waals surface area contributed by atoms with Gasteiger partial charge in [-0.25, -0.2) is 0 Å². The van der Waals surface area contributed by atoms with E-state index >= 15 is 0 Å². The number of hydrogen-bond acceptors (Lipinski definition) is 1. The van der Waals surface area contributed by atoms with Gasteiger partial charge in [-0.2, -0.15) is 0 Å². The number of halogens is 3. The van der Waals surface area contributed by atoms with Gasteiger partial charge in [0.2, 0.25) is 0 Å². The Bertz CT molecular complexity index is 467. The van der Waals surface area contributed by atoms with Crippen molar-refractivity contribution in [2.75, 3.05) is 12.4 Å². The normalized spacial score (nSPS) is 18.9. The number of hydrogen-bond donors (Lipinski definition) is 0. The predicted octanol–water partition coefficient (Wildman–Crippen LogP) is 4.57. The molecule has 0 aliphatic carbocycles. The molecule has 1 amide bonds. The van der Waals surface area contributed by atoms with Gasteiger partial charge >= 0.3 is 0 Å². The van der Waals surface area contributed by atoms with E-state index in [9.17, 15) is 4.79 Å². The van der Waals surface area contributed by atoms with Crippen LogP contribution in [0.3, 0.4) is 0 Å². The predicted molar refractivity (Wildman–Crippen MR) is 88.2 cm³/mol. The Labute approximate surface area is 137 Å². The number of likely N-dealkylation sites (tertiary alicyclic amines) is 1. The molecule has 2 rings (SSSR count). The van der Waals surface area contributed by atoms with E-state index in [0.29, 0.717) is 22.5 Å². The van der Waals surface area contributed by atoms with Gasteiger partial charge in [0.05, 0.1) is 5.02 Å². The zero-order valence-corrected chi connectivity index (χ0v) is 14.2. The fourth-order valence-corrected chi connectivity index (χ4v) is 3.18. The second-order valence-corrected chi connectivity index (χ2v) is 6.70. The molecule has 0 bridgehead atoms. The van der Waals surface area contributed by atoms with Gasteiger partial charge in [0.25, 0.3) is 5.91 Å². The second kappa shape index (κ2) is 7.14. The van der Waals surface area contributed by atoms with Crippen molar-refractivity contribution in [3.05, 3.63) is 32.4 Å². The molecule has 1 saturated heterocycles. The van der Waals surface area contributed by atoms with E-state index in [4.69, 9.17) is 23.2 Å². The average molecular weight is 412 g/mol. The highest BCUT2D eigenvalue weighted by atomic mass is 127. The lowest BCUT2D eigenvalue weighted by atomic mass is 10.1. The molecule has 0 aromatic heterocycles. The lowest BCUT2D eigenvalue weighted by Crippen LogP contribution is -2.35. The van der Waals surface area contributed by atoms with Crippen molar-refractivity contribution in [2.45, 2.75) is 31.7 Å². The van der Waals surface area contributed by atoms with Crippen LogP contribution in [0.5, 0.6) is 0 Å². The van der Waals surface area contributed by atoms with Gasteiger partial charge in [-0.15, -0.1) is 11.6 Å². The maximum absolute atomic E-state index is 12.5. The third-order valence-corrected chi connectivity index (χ3v) is 5.32. The SMILES string of the molecule is O=C(c1ccc(I)c(Cl)c1)N1CCCC1CCCCl. The monoisotopic (exact) mass is 411 g/mol. The van der Waals surface area contributed by atoms with Crippen molar-refractivity contribution in [1.29, 1.82) is 0 Å². The quantitative estimate of drug-likeness (QED) is 0.525. The smallest absolute Gasteiger partial charge is 0.254 e. The second-order valence-electron chi connectivity index (χ2n) is 4.75. The van der Waals surface area contributed by atoms with E-state index < -0.39 is 0 Å². The molecule has 1 unspecified atom stereocenters. The number of carbonyl (C=O) groups excluding carboxylic acids is 1. The van der Waals surface area contributed by atoms with E-state index in [1.165, 1.54) is 0 Å². The van der Waals surface area contributed by atoms with Crippen LogP contribution in [0.25, 0.3) is 0 Å². The Hall–Kier alpha value is -0.000000000000000167. The number of alkyl halides is 1. The molecule has 19 heavy (non-hydrogen) atoms. The van der Waals surface area contributed by atoms with Gasteiger partial charge in [0, 0.05) is 27.6 Å². The molecule has 0 spiro atoms. The summed E-state index contributed by atoms with van der Waals surface area (Å²) in [5.74, 6) is 0.754. The van der Waals surface area contributed by atoms with Gasteiger partial charge in [-0.3, -0.25) is 4.79 Å². The van der Waals surface area contributed by atoms with E-state index in [-0.39, 0.29) is 5.91 Å². The van der Waals surface area contributed by atoms with Gasteiger partial charge < -0.3 is 4.90 Å². The highest BCUT2D eigenvalue weighted by molar-refractivity contribution is 14.1. The molecule has 104 valence electrons. The van der Waals surface area contributed by atoms with Crippen LogP contribution in [0.2, 0.25) is 5.02 Å². The van der Waals surface area contributed by atoms with Crippen LogP contribution in [0.4, 0.5) is 0 Å². The van der Waals surface area contributed by atoms with Crippen LogP contribution >= 0.6 is 45.8 Å². The number of benzene rings is 1. The Morgan fingerprint density at radius 3 is 2.95 bits per heavy atom. The van der Waals surface area contributed by atoms with Gasteiger partial charge in [-0.05, 0) is 66.5 Å². The first-order valence-electron chi connectivity index (χ1n) is 6.45. The minimum Gasteiger partial charge on any atom is -0.336 e. The molecule has 2 nitrogen and oxygen atoms in total. The number of carbonyl (C=O) groups is 1. The molecule has 1 aliphatic heterocycles. The fraction of sp³-hybridized carbons (Fsp3) is 0.500. The lowest BCUT2D eigenvalue weighted by molar-refractivity contribution is 0.0730. The molecule has 1 aromatic carbocycles. The summed E-state index contributed by atoms with van der Waals surface area (Å²) >= 11 is 14.0. The number of rotatable bonds is 4. The largest absolute Gasteiger partial charge is 0.336 e. The van der Waals surface area contributed by atoms with Crippen LogP contribution in [0.15, 0.2) is 18.2 Å². The lowest BCUT2D eigenvalue weighted by Gasteiger charge is -2.24. The summed E-state index contributed by atoms with van der Waals surface area (Å²) in [5, 5.41) is 0.642. The van der Waals surface area contributed by atoms with Crippen LogP contribution in [-0.2, 0) is 0 Å². The molecule has 1 aliphatic rings.